The van der Waals surface area contributed by atoms with E-state index in [1.807, 2.05) is 25.7 Å². The van der Waals surface area contributed by atoms with E-state index in [4.69, 9.17) is 9.47 Å². The molecule has 1 aliphatic heterocycles. The highest BCUT2D eigenvalue weighted by Gasteiger charge is 2.34. The minimum atomic E-state index is -0.593. The lowest BCUT2D eigenvalue weighted by atomic mass is 9.88. The molecule has 0 fully saturated rings. The number of ether oxygens (including phenoxy) is 2. The summed E-state index contributed by atoms with van der Waals surface area (Å²) in [7, 11) is 3.44. The van der Waals surface area contributed by atoms with E-state index in [-0.39, 0.29) is 18.1 Å². The lowest BCUT2D eigenvalue weighted by Gasteiger charge is -2.39. The summed E-state index contributed by atoms with van der Waals surface area (Å²) in [5, 5.41) is 0. The van der Waals surface area contributed by atoms with E-state index in [2.05, 4.69) is 66.3 Å². The Morgan fingerprint density at radius 3 is 2.47 bits per heavy atom. The summed E-state index contributed by atoms with van der Waals surface area (Å²) < 4.78 is 10.7. The first-order valence-electron chi connectivity index (χ1n) is 13.0. The number of methoxy groups -OCH3 is 1. The number of hydrogen-bond acceptors (Lipinski definition) is 6. The van der Waals surface area contributed by atoms with Crippen LogP contribution in [0.3, 0.4) is 0 Å². The zero-order valence-corrected chi connectivity index (χ0v) is 23.2. The second-order valence-corrected chi connectivity index (χ2v) is 10.8. The van der Waals surface area contributed by atoms with Gasteiger partial charge in [-0.05, 0) is 94.0 Å². The van der Waals surface area contributed by atoms with E-state index in [1.165, 1.54) is 18.2 Å². The molecule has 1 atom stereocenters. The number of rotatable bonds is 6. The van der Waals surface area contributed by atoms with Crippen LogP contribution in [0.1, 0.15) is 65.8 Å². The highest BCUT2D eigenvalue weighted by molar-refractivity contribution is 5.90. The fraction of sp³-hybridized carbons (Fsp3) is 0.387. The van der Waals surface area contributed by atoms with Crippen LogP contribution in [0.5, 0.6) is 0 Å². The van der Waals surface area contributed by atoms with Crippen LogP contribution in [0.15, 0.2) is 60.9 Å². The molecule has 1 aliphatic rings. The molecule has 4 rings (SSSR count). The van der Waals surface area contributed by atoms with Gasteiger partial charge in [-0.15, -0.1) is 0 Å². The SMILES string of the molecule is COC(=O)c1ccncc1CC[C@@H]1c2ccc(N(C)c3ccc(C)cc3)cc2CCN1C(=O)OC(C)(C)C. The molecular weight excluding hydrogens is 478 g/mol. The second-order valence-electron chi connectivity index (χ2n) is 10.8. The Hall–Kier alpha value is -3.87. The predicted octanol–water partition coefficient (Wildman–Crippen LogP) is 6.41. The quantitative estimate of drug-likeness (QED) is 0.353. The molecule has 0 bridgehead atoms. The fourth-order valence-corrected chi connectivity index (χ4v) is 4.90. The Morgan fingerprint density at radius 2 is 1.79 bits per heavy atom. The van der Waals surface area contributed by atoms with Gasteiger partial charge < -0.3 is 19.3 Å². The number of nitrogens with zero attached hydrogens (tertiary/aromatic N) is 3. The number of anilines is 2. The maximum atomic E-state index is 13.3. The number of aromatic nitrogens is 1. The van der Waals surface area contributed by atoms with Crippen LogP contribution in [0.4, 0.5) is 16.2 Å². The number of fused-ring (bicyclic) bond motifs is 1. The number of carbonyl (C=O) groups is 2. The van der Waals surface area contributed by atoms with E-state index in [0.717, 1.165) is 28.9 Å². The van der Waals surface area contributed by atoms with Crippen LogP contribution in [-0.2, 0) is 22.3 Å². The van der Waals surface area contributed by atoms with Crippen LogP contribution in [0.2, 0.25) is 0 Å². The van der Waals surface area contributed by atoms with E-state index >= 15 is 0 Å². The van der Waals surface area contributed by atoms with Crippen molar-refractivity contribution in [1.82, 2.24) is 9.88 Å². The number of amides is 1. The van der Waals surface area contributed by atoms with Gasteiger partial charge in [-0.25, -0.2) is 9.59 Å². The molecule has 0 spiro atoms. The summed E-state index contributed by atoms with van der Waals surface area (Å²) in [5.74, 6) is -0.390. The molecular formula is C31H37N3O4. The van der Waals surface area contributed by atoms with E-state index in [0.29, 0.717) is 24.9 Å². The van der Waals surface area contributed by atoms with E-state index in [9.17, 15) is 9.59 Å². The molecule has 0 saturated heterocycles. The Kier molecular flexibility index (Phi) is 8.05. The number of esters is 1. The average molecular weight is 516 g/mol. The van der Waals surface area contributed by atoms with Crippen molar-refractivity contribution in [3.8, 4) is 0 Å². The molecule has 1 amide bonds. The van der Waals surface area contributed by atoms with E-state index in [1.54, 1.807) is 18.5 Å². The Balaban J connectivity index is 1.65. The Morgan fingerprint density at radius 1 is 1.08 bits per heavy atom. The third-order valence-corrected chi connectivity index (χ3v) is 6.92. The fourth-order valence-electron chi connectivity index (χ4n) is 4.90. The largest absolute Gasteiger partial charge is 0.465 e. The van der Waals surface area contributed by atoms with Crippen LogP contribution in [-0.4, -0.2) is 48.2 Å². The number of hydrogen-bond donors (Lipinski definition) is 0. The normalized spacial score (nSPS) is 15.0. The first kappa shape index (κ1) is 27.2. The summed E-state index contributed by atoms with van der Waals surface area (Å²) in [6, 6.07) is 16.4. The van der Waals surface area contributed by atoms with Crippen molar-refractivity contribution in [2.24, 2.45) is 0 Å². The molecule has 38 heavy (non-hydrogen) atoms. The summed E-state index contributed by atoms with van der Waals surface area (Å²) in [6.07, 6.45) is 4.88. The van der Waals surface area contributed by atoms with Gasteiger partial charge in [0.15, 0.2) is 0 Å². The molecule has 0 radical (unpaired) electrons. The molecule has 0 aliphatic carbocycles. The highest BCUT2D eigenvalue weighted by Crippen LogP contribution is 2.37. The van der Waals surface area contributed by atoms with Gasteiger partial charge in [-0.1, -0.05) is 23.8 Å². The first-order chi connectivity index (χ1) is 18.1. The zero-order valence-electron chi connectivity index (χ0n) is 23.2. The van der Waals surface area contributed by atoms with Crippen LogP contribution < -0.4 is 4.90 Å². The monoisotopic (exact) mass is 515 g/mol. The number of aryl methyl sites for hydroxylation is 2. The third-order valence-electron chi connectivity index (χ3n) is 6.92. The molecule has 2 aromatic carbocycles. The van der Waals surface area contributed by atoms with Gasteiger partial charge in [0.1, 0.15) is 5.60 Å². The van der Waals surface area contributed by atoms with Crippen LogP contribution in [0, 0.1) is 6.92 Å². The highest BCUT2D eigenvalue weighted by atomic mass is 16.6. The van der Waals surface area contributed by atoms with Crippen molar-refractivity contribution in [2.75, 3.05) is 25.6 Å². The minimum Gasteiger partial charge on any atom is -0.465 e. The van der Waals surface area contributed by atoms with E-state index < -0.39 is 5.60 Å². The molecule has 0 saturated carbocycles. The van der Waals surface area contributed by atoms with Gasteiger partial charge in [-0.3, -0.25) is 4.98 Å². The lowest BCUT2D eigenvalue weighted by molar-refractivity contribution is 0.0132. The Bertz CT molecular complexity index is 1300. The lowest BCUT2D eigenvalue weighted by Crippen LogP contribution is -2.43. The van der Waals surface area contributed by atoms with Crippen molar-refractivity contribution in [3.05, 3.63) is 88.7 Å². The Labute approximate surface area is 225 Å². The average Bonchev–Trinajstić information content (AvgIpc) is 2.90. The third kappa shape index (κ3) is 6.15. The molecule has 7 nitrogen and oxygen atoms in total. The summed E-state index contributed by atoms with van der Waals surface area (Å²) in [6.45, 7) is 8.27. The van der Waals surface area contributed by atoms with Crippen LogP contribution in [0.25, 0.3) is 0 Å². The van der Waals surface area contributed by atoms with Gasteiger partial charge >= 0.3 is 12.1 Å². The maximum absolute atomic E-state index is 13.3. The maximum Gasteiger partial charge on any atom is 0.410 e. The summed E-state index contributed by atoms with van der Waals surface area (Å²) in [5.41, 5.74) is 6.45. The van der Waals surface area contributed by atoms with Crippen molar-refractivity contribution in [3.63, 3.8) is 0 Å². The molecule has 200 valence electrons. The van der Waals surface area contributed by atoms with Crippen molar-refractivity contribution >= 4 is 23.4 Å². The van der Waals surface area contributed by atoms with Gasteiger partial charge in [0.25, 0.3) is 0 Å². The summed E-state index contributed by atoms with van der Waals surface area (Å²) >= 11 is 0. The predicted molar refractivity (Wildman–Crippen MR) is 149 cm³/mol. The molecule has 1 aromatic heterocycles. The van der Waals surface area contributed by atoms with Crippen LogP contribution >= 0.6 is 0 Å². The summed E-state index contributed by atoms with van der Waals surface area (Å²) in [4.78, 5) is 33.8. The first-order valence-corrected chi connectivity index (χ1v) is 13.0. The van der Waals surface area contributed by atoms with Gasteiger partial charge in [0.2, 0.25) is 0 Å². The number of benzene rings is 2. The van der Waals surface area contributed by atoms with Gasteiger partial charge in [0.05, 0.1) is 18.7 Å². The van der Waals surface area contributed by atoms with Crippen molar-refractivity contribution in [2.45, 2.75) is 58.6 Å². The topological polar surface area (TPSA) is 72.0 Å². The van der Waals surface area contributed by atoms with Crippen molar-refractivity contribution in [1.29, 1.82) is 0 Å². The number of carbonyl (C=O) groups excluding carboxylic acids is 2. The molecule has 0 N–H and O–H groups in total. The van der Waals surface area contributed by atoms with Gasteiger partial charge in [0, 0.05) is 37.4 Å². The van der Waals surface area contributed by atoms with Crippen molar-refractivity contribution < 1.29 is 19.1 Å². The molecule has 0 unspecified atom stereocenters. The van der Waals surface area contributed by atoms with Gasteiger partial charge in [-0.2, -0.15) is 0 Å². The number of pyridine rings is 1. The molecule has 3 aromatic rings. The minimum absolute atomic E-state index is 0.196. The molecule has 2 heterocycles. The second kappa shape index (κ2) is 11.3. The standard InChI is InChI=1S/C31H37N3O4/c1-21-7-10-24(11-8-21)33(5)25-12-13-26-22(19-25)16-18-34(30(36)38-31(2,3)4)28(26)14-9-23-20-32-17-15-27(23)29(35)37-6/h7-8,10-13,15,17,19-20,28H,9,14,16,18H2,1-6H3/t28-/m1/s1. The molecule has 7 heteroatoms. The zero-order chi connectivity index (χ0) is 27.4. The smallest absolute Gasteiger partial charge is 0.410 e.